The molecule has 0 radical (unpaired) electrons. The van der Waals surface area contributed by atoms with E-state index in [2.05, 4.69) is 11.8 Å². The van der Waals surface area contributed by atoms with E-state index in [0.29, 0.717) is 23.5 Å². The quantitative estimate of drug-likeness (QED) is 0.660. The first-order valence-electron chi connectivity index (χ1n) is 9.67. The smallest absolute Gasteiger partial charge is 0.230 e. The Balaban J connectivity index is 1.81. The molecular formula is C21H30N2O4. The Morgan fingerprint density at radius 2 is 2.11 bits per heavy atom. The molecule has 1 aromatic heterocycles. The van der Waals surface area contributed by atoms with E-state index in [4.69, 9.17) is 23.6 Å². The van der Waals surface area contributed by atoms with Crippen molar-refractivity contribution in [2.75, 3.05) is 33.9 Å². The van der Waals surface area contributed by atoms with Crippen LogP contribution in [0.15, 0.2) is 22.6 Å². The molecule has 2 aromatic rings. The van der Waals surface area contributed by atoms with Crippen molar-refractivity contribution in [3.05, 3.63) is 29.7 Å². The van der Waals surface area contributed by atoms with Crippen LogP contribution in [-0.2, 0) is 11.3 Å². The van der Waals surface area contributed by atoms with Crippen molar-refractivity contribution >= 4 is 0 Å². The first-order chi connectivity index (χ1) is 13.2. The van der Waals surface area contributed by atoms with Crippen LogP contribution in [-0.4, -0.2) is 49.9 Å². The Kier molecular flexibility index (Phi) is 6.74. The third-order valence-corrected chi connectivity index (χ3v) is 4.93. The van der Waals surface area contributed by atoms with Crippen LogP contribution in [0.2, 0.25) is 0 Å². The summed E-state index contributed by atoms with van der Waals surface area (Å²) in [6, 6.07) is 5.72. The Morgan fingerprint density at radius 1 is 1.26 bits per heavy atom. The van der Waals surface area contributed by atoms with Gasteiger partial charge in [-0.25, -0.2) is 4.98 Å². The largest absolute Gasteiger partial charge is 0.493 e. The predicted molar refractivity (Wildman–Crippen MR) is 104 cm³/mol. The summed E-state index contributed by atoms with van der Waals surface area (Å²) in [5.74, 6) is 2.70. The second kappa shape index (κ2) is 9.24. The summed E-state index contributed by atoms with van der Waals surface area (Å²) in [6.45, 7) is 7.77. The van der Waals surface area contributed by atoms with Gasteiger partial charge in [0.15, 0.2) is 11.5 Å². The number of methoxy groups -OCH3 is 2. The fourth-order valence-corrected chi connectivity index (χ4v) is 3.58. The van der Waals surface area contributed by atoms with E-state index in [0.717, 1.165) is 62.5 Å². The first kappa shape index (κ1) is 19.7. The molecule has 0 bridgehead atoms. The molecule has 0 unspecified atom stereocenters. The molecule has 3 rings (SSSR count). The number of ether oxygens (including phenoxy) is 3. The van der Waals surface area contributed by atoms with E-state index in [-0.39, 0.29) is 0 Å². The van der Waals surface area contributed by atoms with Gasteiger partial charge in [0.05, 0.1) is 31.6 Å². The molecule has 6 nitrogen and oxygen atoms in total. The number of aromatic nitrogens is 1. The molecule has 1 atom stereocenters. The molecule has 1 aliphatic rings. The highest BCUT2D eigenvalue weighted by molar-refractivity contribution is 5.68. The van der Waals surface area contributed by atoms with E-state index in [1.165, 1.54) is 0 Å². The van der Waals surface area contributed by atoms with Crippen LogP contribution in [0.25, 0.3) is 11.5 Å². The van der Waals surface area contributed by atoms with Crippen molar-refractivity contribution in [3.8, 4) is 23.0 Å². The zero-order valence-corrected chi connectivity index (χ0v) is 16.8. The molecule has 1 saturated heterocycles. The number of rotatable bonds is 9. The molecule has 6 heteroatoms. The van der Waals surface area contributed by atoms with Gasteiger partial charge in [-0.3, -0.25) is 4.90 Å². The summed E-state index contributed by atoms with van der Waals surface area (Å²) in [6.07, 6.45) is 3.74. The molecule has 0 amide bonds. The zero-order valence-electron chi connectivity index (χ0n) is 16.8. The van der Waals surface area contributed by atoms with Crippen molar-refractivity contribution in [2.24, 2.45) is 0 Å². The lowest BCUT2D eigenvalue weighted by Gasteiger charge is -2.23. The molecule has 2 heterocycles. The summed E-state index contributed by atoms with van der Waals surface area (Å²) in [5.41, 5.74) is 1.76. The summed E-state index contributed by atoms with van der Waals surface area (Å²) >= 11 is 0. The second-order valence-corrected chi connectivity index (χ2v) is 6.93. The van der Waals surface area contributed by atoms with Gasteiger partial charge in [-0.05, 0) is 44.9 Å². The van der Waals surface area contributed by atoms with Gasteiger partial charge in [0, 0.05) is 19.7 Å². The molecule has 1 aliphatic heterocycles. The number of benzene rings is 1. The number of oxazole rings is 1. The SMILES string of the molecule is CCCN(Cc1nc(-c2cccc(OC)c2OC)oc1C)C[C@@H]1CCCO1. The van der Waals surface area contributed by atoms with Crippen LogP contribution in [0.1, 0.15) is 37.6 Å². The lowest BCUT2D eigenvalue weighted by molar-refractivity contribution is 0.0701. The molecule has 0 N–H and O–H groups in total. The topological polar surface area (TPSA) is 57.0 Å². The van der Waals surface area contributed by atoms with Gasteiger partial charge in [0.2, 0.25) is 5.89 Å². The fourth-order valence-electron chi connectivity index (χ4n) is 3.58. The Labute approximate surface area is 161 Å². The minimum Gasteiger partial charge on any atom is -0.493 e. The Hall–Kier alpha value is -2.05. The summed E-state index contributed by atoms with van der Waals surface area (Å²) in [7, 11) is 3.25. The molecular weight excluding hydrogens is 344 g/mol. The van der Waals surface area contributed by atoms with Crippen molar-refractivity contribution in [3.63, 3.8) is 0 Å². The third kappa shape index (κ3) is 4.62. The lowest BCUT2D eigenvalue weighted by atomic mass is 10.2. The van der Waals surface area contributed by atoms with Crippen molar-refractivity contribution in [2.45, 2.75) is 45.8 Å². The van der Waals surface area contributed by atoms with E-state index >= 15 is 0 Å². The normalized spacial score (nSPS) is 16.9. The number of hydrogen-bond donors (Lipinski definition) is 0. The summed E-state index contributed by atoms with van der Waals surface area (Å²) in [4.78, 5) is 7.19. The number of nitrogens with zero attached hydrogens (tertiary/aromatic N) is 2. The van der Waals surface area contributed by atoms with Gasteiger partial charge in [-0.15, -0.1) is 0 Å². The molecule has 0 saturated carbocycles. The number of para-hydroxylation sites is 1. The standard InChI is InChI=1S/C21H30N2O4/c1-5-11-23(13-16-8-7-12-26-16)14-18-15(2)27-21(22-18)17-9-6-10-19(24-3)20(17)25-4/h6,9-10,16H,5,7-8,11-14H2,1-4H3/t16-/m0/s1. The first-order valence-corrected chi connectivity index (χ1v) is 9.67. The van der Waals surface area contributed by atoms with E-state index in [1.807, 2.05) is 25.1 Å². The molecule has 0 aliphatic carbocycles. The van der Waals surface area contributed by atoms with Crippen LogP contribution in [0.3, 0.4) is 0 Å². The molecule has 27 heavy (non-hydrogen) atoms. The van der Waals surface area contributed by atoms with Gasteiger partial charge in [0.25, 0.3) is 0 Å². The van der Waals surface area contributed by atoms with E-state index in [9.17, 15) is 0 Å². The van der Waals surface area contributed by atoms with Crippen molar-refractivity contribution in [1.29, 1.82) is 0 Å². The maximum Gasteiger partial charge on any atom is 0.230 e. The van der Waals surface area contributed by atoms with Crippen LogP contribution >= 0.6 is 0 Å². The maximum absolute atomic E-state index is 5.99. The second-order valence-electron chi connectivity index (χ2n) is 6.93. The highest BCUT2D eigenvalue weighted by Gasteiger charge is 2.22. The molecule has 1 fully saturated rings. The average molecular weight is 374 g/mol. The maximum atomic E-state index is 5.99. The molecule has 1 aromatic carbocycles. The average Bonchev–Trinajstić information content (AvgIpc) is 3.31. The monoisotopic (exact) mass is 374 g/mol. The number of aryl methyl sites for hydroxylation is 1. The van der Waals surface area contributed by atoms with E-state index in [1.54, 1.807) is 14.2 Å². The highest BCUT2D eigenvalue weighted by atomic mass is 16.5. The van der Waals surface area contributed by atoms with Gasteiger partial charge < -0.3 is 18.6 Å². The van der Waals surface area contributed by atoms with Gasteiger partial charge in [-0.2, -0.15) is 0 Å². The van der Waals surface area contributed by atoms with Gasteiger partial charge in [0.1, 0.15) is 5.76 Å². The predicted octanol–water partition coefficient (Wildman–Crippen LogP) is 4.06. The van der Waals surface area contributed by atoms with Crippen LogP contribution in [0, 0.1) is 6.92 Å². The molecule has 0 spiro atoms. The summed E-state index contributed by atoms with van der Waals surface area (Å²) < 4.78 is 22.7. The highest BCUT2D eigenvalue weighted by Crippen LogP contribution is 2.38. The summed E-state index contributed by atoms with van der Waals surface area (Å²) in [5, 5.41) is 0. The van der Waals surface area contributed by atoms with E-state index < -0.39 is 0 Å². The zero-order chi connectivity index (χ0) is 19.2. The van der Waals surface area contributed by atoms with Crippen molar-refractivity contribution in [1.82, 2.24) is 9.88 Å². The Bertz CT molecular complexity index is 738. The van der Waals surface area contributed by atoms with Crippen LogP contribution in [0.4, 0.5) is 0 Å². The van der Waals surface area contributed by atoms with Gasteiger partial charge >= 0.3 is 0 Å². The molecule has 148 valence electrons. The van der Waals surface area contributed by atoms with Crippen molar-refractivity contribution < 1.29 is 18.6 Å². The Morgan fingerprint density at radius 3 is 2.78 bits per heavy atom. The third-order valence-electron chi connectivity index (χ3n) is 4.93. The minimum atomic E-state index is 0.335. The van der Waals surface area contributed by atoms with Crippen LogP contribution in [0.5, 0.6) is 11.5 Å². The fraction of sp³-hybridized carbons (Fsp3) is 0.571. The minimum absolute atomic E-state index is 0.335. The van der Waals surface area contributed by atoms with Gasteiger partial charge in [-0.1, -0.05) is 13.0 Å². The van der Waals surface area contributed by atoms with Crippen LogP contribution < -0.4 is 9.47 Å². The lowest BCUT2D eigenvalue weighted by Crippen LogP contribution is -2.32. The number of hydrogen-bond acceptors (Lipinski definition) is 6.